The summed E-state index contributed by atoms with van der Waals surface area (Å²) in [6.07, 6.45) is 3.17. The molecule has 0 atom stereocenters. The van der Waals surface area contributed by atoms with Crippen molar-refractivity contribution in [3.8, 4) is 0 Å². The van der Waals surface area contributed by atoms with E-state index in [-0.39, 0.29) is 10.6 Å². The van der Waals surface area contributed by atoms with Gasteiger partial charge in [0.2, 0.25) is 10.0 Å². The quantitative estimate of drug-likeness (QED) is 0.786. The zero-order valence-electron chi connectivity index (χ0n) is 9.32. The standard InChI is InChI=1S/C11H15FN2O2S/c12-9-3-4-10(13)11(7-9)17(15,16)14-6-5-8-1-2-8/h3-4,7-8,14H,1-2,5-6,13H2. The maximum absolute atomic E-state index is 13.0. The van der Waals surface area contributed by atoms with Crippen LogP contribution in [-0.2, 0) is 10.0 Å². The van der Waals surface area contributed by atoms with E-state index in [0.717, 1.165) is 18.6 Å². The Balaban J connectivity index is 2.09. The van der Waals surface area contributed by atoms with Gasteiger partial charge < -0.3 is 5.73 Å². The minimum Gasteiger partial charge on any atom is -0.398 e. The number of hydrogen-bond acceptors (Lipinski definition) is 3. The van der Waals surface area contributed by atoms with E-state index < -0.39 is 15.8 Å². The Kier molecular flexibility index (Phi) is 3.35. The van der Waals surface area contributed by atoms with Gasteiger partial charge in [-0.15, -0.1) is 0 Å². The third kappa shape index (κ3) is 3.17. The number of benzene rings is 1. The molecule has 0 spiro atoms. The van der Waals surface area contributed by atoms with E-state index in [1.54, 1.807) is 0 Å². The van der Waals surface area contributed by atoms with E-state index in [1.807, 2.05) is 0 Å². The molecule has 2 rings (SSSR count). The fourth-order valence-electron chi connectivity index (χ4n) is 1.62. The molecule has 1 aromatic carbocycles. The van der Waals surface area contributed by atoms with Crippen LogP contribution in [-0.4, -0.2) is 15.0 Å². The van der Waals surface area contributed by atoms with Gasteiger partial charge >= 0.3 is 0 Å². The molecule has 0 amide bonds. The first kappa shape index (κ1) is 12.3. The second-order valence-electron chi connectivity index (χ2n) is 4.31. The van der Waals surface area contributed by atoms with E-state index in [4.69, 9.17) is 5.73 Å². The highest BCUT2D eigenvalue weighted by molar-refractivity contribution is 7.89. The van der Waals surface area contributed by atoms with Crippen LogP contribution in [0.15, 0.2) is 23.1 Å². The van der Waals surface area contributed by atoms with Gasteiger partial charge in [-0.25, -0.2) is 17.5 Å². The molecule has 4 nitrogen and oxygen atoms in total. The number of anilines is 1. The summed E-state index contributed by atoms with van der Waals surface area (Å²) in [5, 5.41) is 0. The Morgan fingerprint density at radius 2 is 2.12 bits per heavy atom. The predicted molar refractivity (Wildman–Crippen MR) is 63.3 cm³/mol. The normalized spacial score (nSPS) is 16.1. The average Bonchev–Trinajstić information content (AvgIpc) is 3.05. The van der Waals surface area contributed by atoms with E-state index in [2.05, 4.69) is 4.72 Å². The van der Waals surface area contributed by atoms with Gasteiger partial charge in [0.1, 0.15) is 10.7 Å². The van der Waals surface area contributed by atoms with Gasteiger partial charge in [0.25, 0.3) is 0 Å². The van der Waals surface area contributed by atoms with E-state index in [1.165, 1.54) is 18.9 Å². The molecule has 3 N–H and O–H groups in total. The highest BCUT2D eigenvalue weighted by Crippen LogP contribution is 2.31. The predicted octanol–water partition coefficient (Wildman–Crippen LogP) is 1.49. The fraction of sp³-hybridized carbons (Fsp3) is 0.455. The van der Waals surface area contributed by atoms with Gasteiger partial charge in [0, 0.05) is 6.54 Å². The molecule has 0 aromatic heterocycles. The van der Waals surface area contributed by atoms with Crippen molar-refractivity contribution in [1.82, 2.24) is 4.72 Å². The molecule has 1 aliphatic carbocycles. The van der Waals surface area contributed by atoms with E-state index in [0.29, 0.717) is 12.5 Å². The molecule has 0 radical (unpaired) electrons. The summed E-state index contributed by atoms with van der Waals surface area (Å²) >= 11 is 0. The summed E-state index contributed by atoms with van der Waals surface area (Å²) in [6.45, 7) is 0.378. The van der Waals surface area contributed by atoms with Gasteiger partial charge in [-0.3, -0.25) is 0 Å². The molecule has 1 saturated carbocycles. The first-order valence-corrected chi connectivity index (χ1v) is 7.02. The van der Waals surface area contributed by atoms with Crippen molar-refractivity contribution < 1.29 is 12.8 Å². The van der Waals surface area contributed by atoms with Gasteiger partial charge in [-0.05, 0) is 30.5 Å². The number of halogens is 1. The lowest BCUT2D eigenvalue weighted by molar-refractivity contribution is 0.572. The molecule has 0 unspecified atom stereocenters. The number of nitrogens with one attached hydrogen (secondary N) is 1. The Hall–Kier alpha value is -1.14. The van der Waals surface area contributed by atoms with Crippen LogP contribution in [0.4, 0.5) is 10.1 Å². The monoisotopic (exact) mass is 258 g/mol. The van der Waals surface area contributed by atoms with Crippen LogP contribution >= 0.6 is 0 Å². The zero-order chi connectivity index (χ0) is 12.5. The van der Waals surface area contributed by atoms with Crippen molar-refractivity contribution >= 4 is 15.7 Å². The van der Waals surface area contributed by atoms with Crippen LogP contribution in [0, 0.1) is 11.7 Å². The summed E-state index contributed by atoms with van der Waals surface area (Å²) in [6, 6.07) is 3.33. The molecule has 0 aliphatic heterocycles. The van der Waals surface area contributed by atoms with Gasteiger partial charge in [0.15, 0.2) is 0 Å². The van der Waals surface area contributed by atoms with Crippen molar-refractivity contribution in [3.05, 3.63) is 24.0 Å². The largest absolute Gasteiger partial charge is 0.398 e. The number of rotatable bonds is 5. The van der Waals surface area contributed by atoms with Crippen LogP contribution in [0.5, 0.6) is 0 Å². The highest BCUT2D eigenvalue weighted by Gasteiger charge is 2.23. The van der Waals surface area contributed by atoms with Gasteiger partial charge in [-0.1, -0.05) is 12.8 Å². The molecular formula is C11H15FN2O2S. The molecule has 6 heteroatoms. The van der Waals surface area contributed by atoms with Crippen LogP contribution in [0.1, 0.15) is 19.3 Å². The fourth-order valence-corrected chi connectivity index (χ4v) is 2.81. The van der Waals surface area contributed by atoms with Crippen LogP contribution in [0.25, 0.3) is 0 Å². The maximum atomic E-state index is 13.0. The Bertz CT molecular complexity index is 512. The number of nitrogens with two attached hydrogens (primary N) is 1. The second kappa shape index (κ2) is 4.62. The molecule has 0 saturated heterocycles. The van der Waals surface area contributed by atoms with Crippen molar-refractivity contribution in [2.24, 2.45) is 5.92 Å². The molecular weight excluding hydrogens is 243 g/mol. The van der Waals surface area contributed by atoms with Crippen LogP contribution in [0.3, 0.4) is 0 Å². The summed E-state index contributed by atoms with van der Waals surface area (Å²) in [4.78, 5) is -0.187. The highest BCUT2D eigenvalue weighted by atomic mass is 32.2. The van der Waals surface area contributed by atoms with Crippen LogP contribution < -0.4 is 10.5 Å². The molecule has 1 aromatic rings. The summed E-state index contributed by atoms with van der Waals surface area (Å²) in [7, 11) is -3.70. The van der Waals surface area contributed by atoms with Gasteiger partial charge in [0.05, 0.1) is 5.69 Å². The lowest BCUT2D eigenvalue weighted by Gasteiger charge is -2.08. The van der Waals surface area contributed by atoms with E-state index in [9.17, 15) is 12.8 Å². The maximum Gasteiger partial charge on any atom is 0.242 e. The third-order valence-corrected chi connectivity index (χ3v) is 4.32. The van der Waals surface area contributed by atoms with Crippen LogP contribution in [0.2, 0.25) is 0 Å². The molecule has 1 fully saturated rings. The van der Waals surface area contributed by atoms with Crippen molar-refractivity contribution in [2.75, 3.05) is 12.3 Å². The minimum atomic E-state index is -3.70. The first-order valence-electron chi connectivity index (χ1n) is 5.54. The Morgan fingerprint density at radius 3 is 2.76 bits per heavy atom. The average molecular weight is 258 g/mol. The smallest absolute Gasteiger partial charge is 0.242 e. The van der Waals surface area contributed by atoms with Gasteiger partial charge in [-0.2, -0.15) is 0 Å². The second-order valence-corrected chi connectivity index (χ2v) is 6.05. The van der Waals surface area contributed by atoms with Crippen molar-refractivity contribution in [3.63, 3.8) is 0 Å². The first-order chi connectivity index (χ1) is 7.99. The van der Waals surface area contributed by atoms with E-state index >= 15 is 0 Å². The zero-order valence-corrected chi connectivity index (χ0v) is 10.1. The Labute approximate surface area is 100 Å². The number of sulfonamides is 1. The topological polar surface area (TPSA) is 72.2 Å². The molecule has 1 aliphatic rings. The minimum absolute atomic E-state index is 0.0605. The van der Waals surface area contributed by atoms with Crippen molar-refractivity contribution in [1.29, 1.82) is 0 Å². The summed E-state index contributed by atoms with van der Waals surface area (Å²) < 4.78 is 39.1. The van der Waals surface area contributed by atoms with Crippen molar-refractivity contribution in [2.45, 2.75) is 24.2 Å². The lowest BCUT2D eigenvalue weighted by atomic mass is 10.3. The number of nitrogen functional groups attached to an aromatic ring is 1. The summed E-state index contributed by atoms with van der Waals surface area (Å²) in [5.74, 6) is 0.0318. The SMILES string of the molecule is Nc1ccc(F)cc1S(=O)(=O)NCCC1CC1. The number of hydrogen-bond donors (Lipinski definition) is 2. The molecule has 94 valence electrons. The molecule has 17 heavy (non-hydrogen) atoms. The summed E-state index contributed by atoms with van der Waals surface area (Å²) in [5.41, 5.74) is 5.59. The lowest BCUT2D eigenvalue weighted by Crippen LogP contribution is -2.26. The third-order valence-electron chi connectivity index (χ3n) is 2.81. The molecule has 0 bridgehead atoms. The Morgan fingerprint density at radius 1 is 1.41 bits per heavy atom. The molecule has 0 heterocycles.